The second kappa shape index (κ2) is 9.88. The van der Waals surface area contributed by atoms with Crippen LogP contribution in [0.2, 0.25) is 0 Å². The zero-order valence-electron chi connectivity index (χ0n) is 18.7. The van der Waals surface area contributed by atoms with Crippen LogP contribution in [0.15, 0.2) is 17.5 Å². The molecule has 3 rings (SSSR count). The monoisotopic (exact) mass is 452 g/mol. The van der Waals surface area contributed by atoms with Gasteiger partial charge in [0.1, 0.15) is 6.10 Å². The van der Waals surface area contributed by atoms with Crippen LogP contribution in [-0.2, 0) is 16.1 Å². The standard InChI is InChI=1S/C23H36N2O5S/c1-4-24-21(29)30-19-9-10-22(2)16(12-20(28)25-13-15-6-5-11-31-15)17(27)7-8-18(22)23(19,3)14-26/h5-6,11,16-19,26-27H,4,7-10,12-14H2,1-3H3,(H,24,29)(H,25,28)/t16-,17-,18?,19-,22+,23+/m1/s1. The highest BCUT2D eigenvalue weighted by Crippen LogP contribution is 2.61. The van der Waals surface area contributed by atoms with Crippen molar-refractivity contribution in [3.8, 4) is 0 Å². The summed E-state index contributed by atoms with van der Waals surface area (Å²) in [6.07, 6.45) is 1.48. The molecule has 174 valence electrons. The van der Waals surface area contributed by atoms with Crippen molar-refractivity contribution in [2.24, 2.45) is 22.7 Å². The number of aliphatic hydroxyl groups is 2. The van der Waals surface area contributed by atoms with Gasteiger partial charge in [0.2, 0.25) is 5.91 Å². The van der Waals surface area contributed by atoms with Crippen LogP contribution in [0.25, 0.3) is 0 Å². The first-order chi connectivity index (χ1) is 14.7. The number of amides is 2. The average Bonchev–Trinajstić information content (AvgIpc) is 3.25. The maximum atomic E-state index is 12.7. The predicted molar refractivity (Wildman–Crippen MR) is 119 cm³/mol. The minimum atomic E-state index is -0.621. The van der Waals surface area contributed by atoms with E-state index in [0.717, 1.165) is 17.7 Å². The summed E-state index contributed by atoms with van der Waals surface area (Å²) in [6.45, 7) is 6.82. The third kappa shape index (κ3) is 4.91. The highest BCUT2D eigenvalue weighted by molar-refractivity contribution is 7.09. The summed E-state index contributed by atoms with van der Waals surface area (Å²) >= 11 is 1.60. The number of carbonyl (C=O) groups excluding carboxylic acids is 2. The van der Waals surface area contributed by atoms with Crippen LogP contribution in [0.5, 0.6) is 0 Å². The van der Waals surface area contributed by atoms with Gasteiger partial charge in [-0.25, -0.2) is 4.79 Å². The van der Waals surface area contributed by atoms with Crippen LogP contribution in [0.3, 0.4) is 0 Å². The van der Waals surface area contributed by atoms with E-state index in [4.69, 9.17) is 4.74 Å². The third-order valence-corrected chi connectivity index (χ3v) is 8.57. The lowest BCUT2D eigenvalue weighted by atomic mass is 9.46. The van der Waals surface area contributed by atoms with Gasteiger partial charge in [-0.05, 0) is 61.3 Å². The number of hydrogen-bond acceptors (Lipinski definition) is 6. The van der Waals surface area contributed by atoms with Gasteiger partial charge in [0.05, 0.1) is 19.3 Å². The topological polar surface area (TPSA) is 108 Å². The Morgan fingerprint density at radius 2 is 2.03 bits per heavy atom. The summed E-state index contributed by atoms with van der Waals surface area (Å²) in [5, 5.41) is 28.9. The van der Waals surface area contributed by atoms with Crippen molar-refractivity contribution < 1.29 is 24.5 Å². The smallest absolute Gasteiger partial charge is 0.407 e. The molecule has 0 saturated heterocycles. The van der Waals surface area contributed by atoms with E-state index >= 15 is 0 Å². The van der Waals surface area contributed by atoms with Crippen LogP contribution in [0.1, 0.15) is 57.8 Å². The number of rotatable bonds is 7. The quantitative estimate of drug-likeness (QED) is 0.509. The number of alkyl carbamates (subject to hydrolysis) is 1. The van der Waals surface area contributed by atoms with E-state index in [0.29, 0.717) is 25.9 Å². The van der Waals surface area contributed by atoms with Gasteiger partial charge in [-0.2, -0.15) is 0 Å². The fraction of sp³-hybridized carbons (Fsp3) is 0.739. The van der Waals surface area contributed by atoms with Gasteiger partial charge in [0, 0.05) is 23.3 Å². The second-order valence-corrected chi connectivity index (χ2v) is 10.5. The molecule has 0 spiro atoms. The molecule has 0 radical (unpaired) electrons. The van der Waals surface area contributed by atoms with Crippen LogP contribution < -0.4 is 10.6 Å². The Bertz CT molecular complexity index is 757. The van der Waals surface area contributed by atoms with Crippen LogP contribution in [0, 0.1) is 22.7 Å². The molecule has 0 aliphatic heterocycles. The van der Waals surface area contributed by atoms with Crippen molar-refractivity contribution in [3.63, 3.8) is 0 Å². The van der Waals surface area contributed by atoms with E-state index in [-0.39, 0.29) is 36.2 Å². The Labute approximate surface area is 188 Å². The number of carbonyl (C=O) groups is 2. The average molecular weight is 453 g/mol. The molecular weight excluding hydrogens is 416 g/mol. The molecule has 1 aromatic rings. The van der Waals surface area contributed by atoms with Crippen molar-refractivity contribution in [2.75, 3.05) is 13.2 Å². The Balaban J connectivity index is 1.74. The zero-order chi connectivity index (χ0) is 22.6. The Kier molecular flexibility index (Phi) is 7.65. The first-order valence-corrected chi connectivity index (χ1v) is 12.1. The van der Waals surface area contributed by atoms with Gasteiger partial charge in [0.25, 0.3) is 0 Å². The van der Waals surface area contributed by atoms with Gasteiger partial charge in [-0.1, -0.05) is 19.9 Å². The second-order valence-electron chi connectivity index (χ2n) is 9.50. The maximum absolute atomic E-state index is 12.7. The zero-order valence-corrected chi connectivity index (χ0v) is 19.5. The normalized spacial score (nSPS) is 35.1. The summed E-state index contributed by atoms with van der Waals surface area (Å²) < 4.78 is 5.70. The van der Waals surface area contributed by atoms with Crippen molar-refractivity contribution in [1.29, 1.82) is 0 Å². The van der Waals surface area contributed by atoms with Crippen molar-refractivity contribution in [1.82, 2.24) is 10.6 Å². The van der Waals surface area contributed by atoms with Crippen molar-refractivity contribution in [2.45, 2.75) is 71.6 Å². The molecule has 6 atom stereocenters. The molecule has 0 bridgehead atoms. The summed E-state index contributed by atoms with van der Waals surface area (Å²) in [7, 11) is 0. The molecule has 1 unspecified atom stereocenters. The van der Waals surface area contributed by atoms with E-state index in [1.54, 1.807) is 11.3 Å². The summed E-state index contributed by atoms with van der Waals surface area (Å²) in [5.74, 6) is -0.228. The number of nitrogens with one attached hydrogen (secondary N) is 2. The fourth-order valence-electron chi connectivity index (χ4n) is 5.97. The molecule has 1 aromatic heterocycles. The molecule has 1 heterocycles. The SMILES string of the molecule is CCNC(=O)O[C@@H]1CC[C@]2(C)C(CC[C@@H](O)[C@H]2CC(=O)NCc2cccs2)[C@]1(C)CO. The molecule has 2 saturated carbocycles. The lowest BCUT2D eigenvalue weighted by Crippen LogP contribution is -2.61. The molecule has 2 amide bonds. The first kappa shape index (κ1) is 24.0. The predicted octanol–water partition coefficient (Wildman–Crippen LogP) is 3.05. The van der Waals surface area contributed by atoms with Crippen molar-refractivity contribution >= 4 is 23.3 Å². The minimum Gasteiger partial charge on any atom is -0.446 e. The molecular formula is C23H36N2O5S. The lowest BCUT2D eigenvalue weighted by Gasteiger charge is -2.60. The van der Waals surface area contributed by atoms with E-state index in [9.17, 15) is 19.8 Å². The summed E-state index contributed by atoms with van der Waals surface area (Å²) in [5.41, 5.74) is -0.944. The highest BCUT2D eigenvalue weighted by atomic mass is 32.1. The van der Waals surface area contributed by atoms with Gasteiger partial charge in [-0.3, -0.25) is 4.79 Å². The number of thiophene rings is 1. The van der Waals surface area contributed by atoms with Crippen LogP contribution in [0.4, 0.5) is 4.79 Å². The Morgan fingerprint density at radius 1 is 1.26 bits per heavy atom. The summed E-state index contributed by atoms with van der Waals surface area (Å²) in [4.78, 5) is 25.9. The number of aliphatic hydroxyl groups excluding tert-OH is 2. The summed E-state index contributed by atoms with van der Waals surface area (Å²) in [6, 6.07) is 3.94. The highest BCUT2D eigenvalue weighted by Gasteiger charge is 2.60. The molecule has 2 fully saturated rings. The van der Waals surface area contributed by atoms with E-state index in [1.165, 1.54) is 0 Å². The molecule has 2 aliphatic carbocycles. The number of hydrogen-bond donors (Lipinski definition) is 4. The van der Waals surface area contributed by atoms with Crippen LogP contribution >= 0.6 is 11.3 Å². The van der Waals surface area contributed by atoms with Gasteiger partial charge < -0.3 is 25.6 Å². The van der Waals surface area contributed by atoms with Crippen LogP contribution in [-0.4, -0.2) is 47.6 Å². The lowest BCUT2D eigenvalue weighted by molar-refractivity contribution is -0.185. The number of ether oxygens (including phenoxy) is 1. The maximum Gasteiger partial charge on any atom is 0.407 e. The van der Waals surface area contributed by atoms with E-state index in [1.807, 2.05) is 31.4 Å². The largest absolute Gasteiger partial charge is 0.446 e. The minimum absolute atomic E-state index is 0.0386. The van der Waals surface area contributed by atoms with Gasteiger partial charge >= 0.3 is 6.09 Å². The molecule has 7 nitrogen and oxygen atoms in total. The molecule has 4 N–H and O–H groups in total. The molecule has 8 heteroatoms. The van der Waals surface area contributed by atoms with Crippen molar-refractivity contribution in [3.05, 3.63) is 22.4 Å². The van der Waals surface area contributed by atoms with E-state index in [2.05, 4.69) is 17.6 Å². The van der Waals surface area contributed by atoms with Gasteiger partial charge in [0.15, 0.2) is 0 Å². The Morgan fingerprint density at radius 3 is 2.68 bits per heavy atom. The molecule has 0 aromatic carbocycles. The van der Waals surface area contributed by atoms with E-state index < -0.39 is 23.7 Å². The number of fused-ring (bicyclic) bond motifs is 1. The van der Waals surface area contributed by atoms with Gasteiger partial charge in [-0.15, -0.1) is 11.3 Å². The Hall–Kier alpha value is -1.64. The molecule has 31 heavy (non-hydrogen) atoms. The fourth-order valence-corrected chi connectivity index (χ4v) is 6.61. The third-order valence-electron chi connectivity index (χ3n) is 7.69. The first-order valence-electron chi connectivity index (χ1n) is 11.3. The molecule has 2 aliphatic rings.